The van der Waals surface area contributed by atoms with Crippen molar-refractivity contribution in [3.8, 4) is 0 Å². The Kier molecular flexibility index (Phi) is 9.87. The molecule has 5 aromatic rings. The van der Waals surface area contributed by atoms with Crippen molar-refractivity contribution in [2.24, 2.45) is 7.05 Å². The van der Waals surface area contributed by atoms with E-state index in [-0.39, 0.29) is 59.4 Å². The number of carbonyl (C=O) groups is 3. The molecule has 0 unspecified atom stereocenters. The molecule has 7 N–H and O–H groups in total. The number of nitrogen functional groups attached to an aromatic ring is 1. The first kappa shape index (κ1) is 35.8. The number of nitrogens with one attached hydrogen (secondary N) is 3. The van der Waals surface area contributed by atoms with Gasteiger partial charge in [-0.25, -0.2) is 14.8 Å². The van der Waals surface area contributed by atoms with Crippen molar-refractivity contribution in [3.05, 3.63) is 62.8 Å². The predicted octanol–water partition coefficient (Wildman–Crippen LogP) is -0.763. The van der Waals surface area contributed by atoms with Crippen molar-refractivity contribution in [1.29, 1.82) is 0 Å². The van der Waals surface area contributed by atoms with Crippen molar-refractivity contribution >= 4 is 57.5 Å². The van der Waals surface area contributed by atoms with Crippen LogP contribution in [-0.2, 0) is 40.9 Å². The fourth-order valence-electron chi connectivity index (χ4n) is 6.08. The van der Waals surface area contributed by atoms with Gasteiger partial charge in [0.2, 0.25) is 11.9 Å². The summed E-state index contributed by atoms with van der Waals surface area (Å²) in [5, 5.41) is 29.0. The molecule has 3 amide bonds. The van der Waals surface area contributed by atoms with Gasteiger partial charge in [-0.3, -0.25) is 38.2 Å². The number of carbonyl (C=O) groups excluding carboxylic acids is 3. The molecule has 0 spiro atoms. The molecule has 6 rings (SSSR count). The molecule has 20 heteroatoms. The summed E-state index contributed by atoms with van der Waals surface area (Å²) in [6.07, 6.45) is -4.11. The maximum Gasteiger partial charge on any atom is 0.332 e. The summed E-state index contributed by atoms with van der Waals surface area (Å²) in [5.74, 6) is -1.32. The number of fused-ring (bicyclic) bond motifs is 2. The van der Waals surface area contributed by atoms with Gasteiger partial charge in [-0.05, 0) is 45.0 Å². The number of ether oxygens (including phenoxy) is 1. The van der Waals surface area contributed by atoms with E-state index < -0.39 is 47.6 Å². The van der Waals surface area contributed by atoms with Gasteiger partial charge in [-0.2, -0.15) is 9.97 Å². The van der Waals surface area contributed by atoms with Gasteiger partial charge in [0.05, 0.1) is 6.33 Å². The van der Waals surface area contributed by atoms with Crippen molar-refractivity contribution < 1.29 is 29.3 Å². The number of aliphatic hydroxyl groups is 2. The highest BCUT2D eigenvalue weighted by atomic mass is 16.6. The molecule has 274 valence electrons. The number of amides is 3. The van der Waals surface area contributed by atoms with Crippen LogP contribution in [0.4, 0.5) is 17.5 Å². The quantitative estimate of drug-likeness (QED) is 0.0982. The van der Waals surface area contributed by atoms with E-state index in [0.29, 0.717) is 30.1 Å². The Morgan fingerprint density at radius 1 is 0.942 bits per heavy atom. The fourth-order valence-corrected chi connectivity index (χ4v) is 6.08. The van der Waals surface area contributed by atoms with Crippen LogP contribution < -0.4 is 32.9 Å². The predicted molar refractivity (Wildman–Crippen MR) is 186 cm³/mol. The molecule has 1 aliphatic rings. The summed E-state index contributed by atoms with van der Waals surface area (Å²) in [5.41, 5.74) is 6.63. The number of nitrogens with zero attached hydrogens (tertiary/aromatic N) is 8. The number of rotatable bonds is 11. The number of benzene rings is 1. The third-order valence-electron chi connectivity index (χ3n) is 8.77. The number of aliphatic hydroxyl groups excluding tert-OH is 2. The van der Waals surface area contributed by atoms with Gasteiger partial charge in [0.25, 0.3) is 17.4 Å². The fraction of sp³-hybridized carbons (Fsp3) is 0.406. The molecule has 4 aromatic heterocycles. The number of nitrogens with two attached hydrogens (primary N) is 1. The molecule has 0 saturated carbocycles. The number of hydrogen-bond donors (Lipinski definition) is 6. The van der Waals surface area contributed by atoms with Gasteiger partial charge >= 0.3 is 5.69 Å². The second kappa shape index (κ2) is 14.3. The highest BCUT2D eigenvalue weighted by Gasteiger charge is 2.47. The third kappa shape index (κ3) is 6.37. The summed E-state index contributed by atoms with van der Waals surface area (Å²) in [4.78, 5) is 81.1. The van der Waals surface area contributed by atoms with E-state index >= 15 is 0 Å². The van der Waals surface area contributed by atoms with E-state index in [4.69, 9.17) is 10.5 Å². The van der Waals surface area contributed by atoms with Gasteiger partial charge in [0.1, 0.15) is 23.5 Å². The van der Waals surface area contributed by atoms with Crippen LogP contribution in [0, 0.1) is 0 Å². The lowest BCUT2D eigenvalue weighted by molar-refractivity contribution is -0.137. The first-order valence-corrected chi connectivity index (χ1v) is 16.6. The monoisotopic (exact) mass is 718 g/mol. The molecular weight excluding hydrogens is 680 g/mol. The lowest BCUT2D eigenvalue weighted by atomic mass is 10.1. The largest absolute Gasteiger partial charge is 0.387 e. The minimum atomic E-state index is -1.52. The second-order valence-corrected chi connectivity index (χ2v) is 12.0. The van der Waals surface area contributed by atoms with E-state index in [1.54, 1.807) is 32.4 Å². The molecule has 20 nitrogen and oxygen atoms in total. The van der Waals surface area contributed by atoms with Crippen LogP contribution >= 0.6 is 0 Å². The Bertz CT molecular complexity index is 2310. The number of hydrogen-bond acceptors (Lipinski definition) is 13. The van der Waals surface area contributed by atoms with Crippen LogP contribution in [-0.4, -0.2) is 91.0 Å². The van der Waals surface area contributed by atoms with Crippen molar-refractivity contribution in [2.75, 3.05) is 22.9 Å². The smallest absolute Gasteiger partial charge is 0.332 e. The van der Waals surface area contributed by atoms with E-state index in [1.807, 2.05) is 0 Å². The topological polar surface area (TPSA) is 268 Å². The zero-order valence-corrected chi connectivity index (χ0v) is 28.7. The first-order chi connectivity index (χ1) is 24.9. The molecular formula is C32H38N12O8. The molecule has 0 radical (unpaired) electrons. The second-order valence-electron chi connectivity index (χ2n) is 12.0. The Labute approximate surface area is 294 Å². The maximum atomic E-state index is 13.1. The standard InChI is InChI=1S/C32H38N12O8/c1-5-34-28(49)23-21(46)22(47)30(52-23)44-14-35-19-24(33)38-31(39-25(19)44)40-27(48)15-8-10-16(11-9-15)36-18(45)13-12-17-37-26-20(41(17)4)29(50)43(7-3)32(51)42(26)6-2/h8-11,14,21-23,30,46-47H,5-7,12-13H2,1-4H3,(H,34,49)(H,36,45)(H3,33,38,39,40,48)/t21-,22+,23-,30+/m0/s1. The van der Waals surface area contributed by atoms with Gasteiger partial charge in [0.15, 0.2) is 35.0 Å². The minimum absolute atomic E-state index is 0.0318. The lowest BCUT2D eigenvalue weighted by Gasteiger charge is -2.16. The van der Waals surface area contributed by atoms with Crippen LogP contribution in [0.2, 0.25) is 0 Å². The lowest BCUT2D eigenvalue weighted by Crippen LogP contribution is -2.42. The maximum absolute atomic E-state index is 13.1. The van der Waals surface area contributed by atoms with E-state index in [0.717, 1.165) is 4.57 Å². The zero-order valence-electron chi connectivity index (χ0n) is 28.7. The molecule has 5 heterocycles. The molecule has 0 bridgehead atoms. The zero-order chi connectivity index (χ0) is 37.4. The summed E-state index contributed by atoms with van der Waals surface area (Å²) < 4.78 is 11.2. The molecule has 1 saturated heterocycles. The number of aryl methyl sites for hydroxylation is 3. The third-order valence-corrected chi connectivity index (χ3v) is 8.77. The average Bonchev–Trinajstić information content (AvgIpc) is 3.77. The van der Waals surface area contributed by atoms with E-state index in [9.17, 15) is 34.2 Å². The Morgan fingerprint density at radius 3 is 2.33 bits per heavy atom. The highest BCUT2D eigenvalue weighted by Crippen LogP contribution is 2.32. The number of imidazole rings is 2. The van der Waals surface area contributed by atoms with Crippen LogP contribution in [0.3, 0.4) is 0 Å². The Morgan fingerprint density at radius 2 is 1.65 bits per heavy atom. The molecule has 1 fully saturated rings. The summed E-state index contributed by atoms with van der Waals surface area (Å²) in [7, 11) is 1.68. The highest BCUT2D eigenvalue weighted by molar-refractivity contribution is 6.04. The normalized spacial score (nSPS) is 18.6. The van der Waals surface area contributed by atoms with Crippen LogP contribution in [0.15, 0.2) is 40.2 Å². The van der Waals surface area contributed by atoms with Gasteiger partial charge in [-0.15, -0.1) is 0 Å². The van der Waals surface area contributed by atoms with Crippen LogP contribution in [0.5, 0.6) is 0 Å². The van der Waals surface area contributed by atoms with E-state index in [2.05, 4.69) is 35.9 Å². The summed E-state index contributed by atoms with van der Waals surface area (Å²) >= 11 is 0. The Balaban J connectivity index is 1.11. The van der Waals surface area contributed by atoms with Gasteiger partial charge in [0, 0.05) is 50.8 Å². The summed E-state index contributed by atoms with van der Waals surface area (Å²) in [6, 6.07) is 6.05. The van der Waals surface area contributed by atoms with Gasteiger partial charge in [-0.1, -0.05) is 0 Å². The van der Waals surface area contributed by atoms with Crippen molar-refractivity contribution in [2.45, 2.75) is 71.2 Å². The number of likely N-dealkylation sites (N-methyl/N-ethyl adjacent to an activating group) is 1. The van der Waals surface area contributed by atoms with Crippen molar-refractivity contribution in [1.82, 2.24) is 43.5 Å². The number of aromatic nitrogens is 8. The van der Waals surface area contributed by atoms with Gasteiger partial charge < -0.3 is 35.9 Å². The molecule has 0 aliphatic carbocycles. The van der Waals surface area contributed by atoms with Crippen molar-refractivity contribution in [3.63, 3.8) is 0 Å². The molecule has 1 aliphatic heterocycles. The van der Waals surface area contributed by atoms with Crippen LogP contribution in [0.25, 0.3) is 22.3 Å². The SMILES string of the molecule is CCNC(=O)[C@H]1O[C@@H](n2cnc3c(N)nc(NC(=O)c4ccc(NC(=O)CCc5nc6c(c(=O)n(CC)c(=O)n6CC)n5C)cc4)nc32)[C@H](O)[C@@H]1O. The number of anilines is 3. The van der Waals surface area contributed by atoms with Crippen LogP contribution in [0.1, 0.15) is 49.6 Å². The molecule has 4 atom stereocenters. The van der Waals surface area contributed by atoms with E-state index in [1.165, 1.54) is 39.7 Å². The average molecular weight is 719 g/mol. The molecule has 1 aromatic carbocycles. The first-order valence-electron chi connectivity index (χ1n) is 16.6. The summed E-state index contributed by atoms with van der Waals surface area (Å²) in [6.45, 7) is 6.06. The Hall–Kier alpha value is -5.99. The molecule has 52 heavy (non-hydrogen) atoms. The minimum Gasteiger partial charge on any atom is -0.387 e.